The maximum atomic E-state index is 12.2. The number of nitrogens with one attached hydrogen (secondary N) is 1. The van der Waals surface area contributed by atoms with Gasteiger partial charge in [-0.2, -0.15) is 0 Å². The molecule has 0 heterocycles. The first-order valence-corrected chi connectivity index (χ1v) is 8.40. The van der Waals surface area contributed by atoms with Crippen LogP contribution in [0, 0.1) is 13.8 Å². The summed E-state index contributed by atoms with van der Waals surface area (Å²) >= 11 is 0. The quantitative estimate of drug-likeness (QED) is 0.892. The molecule has 0 aliphatic heterocycles. The Bertz CT molecular complexity index is 722. The van der Waals surface area contributed by atoms with E-state index >= 15 is 0 Å². The van der Waals surface area contributed by atoms with E-state index in [1.165, 1.54) is 0 Å². The van der Waals surface area contributed by atoms with Gasteiger partial charge in [0.15, 0.2) is 0 Å². The van der Waals surface area contributed by atoms with E-state index in [0.717, 1.165) is 22.3 Å². The third-order valence-electron chi connectivity index (χ3n) is 3.40. The van der Waals surface area contributed by atoms with Gasteiger partial charge in [0.25, 0.3) is 0 Å². The molecule has 21 heavy (non-hydrogen) atoms. The number of aryl methyl sites for hydroxylation is 2. The minimum absolute atomic E-state index is 0.0508. The molecule has 0 amide bonds. The monoisotopic (exact) mass is 304 g/mol. The summed E-state index contributed by atoms with van der Waals surface area (Å²) in [7, 11) is -3.42. The van der Waals surface area contributed by atoms with Crippen LogP contribution in [0.15, 0.2) is 42.5 Å². The van der Waals surface area contributed by atoms with Gasteiger partial charge in [-0.05, 0) is 48.2 Å². The summed E-state index contributed by atoms with van der Waals surface area (Å²) in [5, 5.41) is 0. The molecule has 0 atom stereocenters. The number of hydrogen-bond acceptors (Lipinski definition) is 3. The van der Waals surface area contributed by atoms with Crippen molar-refractivity contribution in [3.8, 4) is 0 Å². The Morgan fingerprint density at radius 3 is 2.14 bits per heavy atom. The van der Waals surface area contributed by atoms with Gasteiger partial charge >= 0.3 is 0 Å². The van der Waals surface area contributed by atoms with Crippen LogP contribution in [-0.2, 0) is 22.3 Å². The van der Waals surface area contributed by atoms with Crippen molar-refractivity contribution in [1.82, 2.24) is 0 Å². The normalized spacial score (nSPS) is 11.4. The van der Waals surface area contributed by atoms with Crippen LogP contribution in [0.1, 0.15) is 22.3 Å². The average Bonchev–Trinajstić information content (AvgIpc) is 2.43. The smallest absolute Gasteiger partial charge is 0.236 e. The number of rotatable bonds is 5. The highest BCUT2D eigenvalue weighted by atomic mass is 32.2. The van der Waals surface area contributed by atoms with Crippen molar-refractivity contribution in [2.45, 2.75) is 26.1 Å². The zero-order valence-corrected chi connectivity index (χ0v) is 13.1. The van der Waals surface area contributed by atoms with E-state index in [2.05, 4.69) is 4.72 Å². The minimum Gasteiger partial charge on any atom is -0.326 e. The summed E-state index contributed by atoms with van der Waals surface area (Å²) < 4.78 is 27.0. The zero-order valence-electron chi connectivity index (χ0n) is 12.3. The molecule has 0 aromatic heterocycles. The Balaban J connectivity index is 2.12. The molecule has 0 unspecified atom stereocenters. The van der Waals surface area contributed by atoms with Crippen molar-refractivity contribution >= 4 is 15.7 Å². The van der Waals surface area contributed by atoms with E-state index in [-0.39, 0.29) is 5.75 Å². The molecular formula is C16H20N2O2S. The van der Waals surface area contributed by atoms with Gasteiger partial charge in [-0.3, -0.25) is 4.72 Å². The predicted octanol–water partition coefficient (Wildman–Crippen LogP) is 2.70. The molecule has 0 aliphatic carbocycles. The van der Waals surface area contributed by atoms with Crippen LogP contribution >= 0.6 is 0 Å². The molecule has 0 fully saturated rings. The van der Waals surface area contributed by atoms with Gasteiger partial charge in [-0.1, -0.05) is 30.3 Å². The molecule has 2 rings (SSSR count). The first-order chi connectivity index (χ1) is 9.89. The molecule has 0 spiro atoms. The van der Waals surface area contributed by atoms with E-state index in [0.29, 0.717) is 12.2 Å². The molecule has 0 radical (unpaired) electrons. The van der Waals surface area contributed by atoms with Crippen molar-refractivity contribution in [3.63, 3.8) is 0 Å². The van der Waals surface area contributed by atoms with Crippen LogP contribution in [0.4, 0.5) is 5.69 Å². The van der Waals surface area contributed by atoms with E-state index in [1.807, 2.05) is 38.1 Å². The maximum Gasteiger partial charge on any atom is 0.236 e. The van der Waals surface area contributed by atoms with Crippen molar-refractivity contribution in [1.29, 1.82) is 0 Å². The lowest BCUT2D eigenvalue weighted by Crippen LogP contribution is -2.15. The molecule has 2 aromatic rings. The maximum absolute atomic E-state index is 12.2. The second-order valence-electron chi connectivity index (χ2n) is 5.18. The molecular weight excluding hydrogens is 284 g/mol. The molecule has 0 aliphatic rings. The molecule has 0 saturated heterocycles. The van der Waals surface area contributed by atoms with Crippen molar-refractivity contribution in [3.05, 3.63) is 64.7 Å². The average molecular weight is 304 g/mol. The van der Waals surface area contributed by atoms with Crippen molar-refractivity contribution in [2.24, 2.45) is 5.73 Å². The molecule has 3 N–H and O–H groups in total. The first kappa shape index (κ1) is 15.5. The van der Waals surface area contributed by atoms with Gasteiger partial charge in [-0.15, -0.1) is 0 Å². The lowest BCUT2D eigenvalue weighted by molar-refractivity contribution is 0.600. The standard InChI is InChI=1S/C16H20N2O2S/c1-12-3-8-16(9-13(12)2)18-21(19,20)11-15-6-4-14(10-17)5-7-15/h3-9,18H,10-11,17H2,1-2H3. The zero-order chi connectivity index (χ0) is 15.5. The lowest BCUT2D eigenvalue weighted by Gasteiger charge is -2.10. The fraction of sp³-hybridized carbons (Fsp3) is 0.250. The summed E-state index contributed by atoms with van der Waals surface area (Å²) in [6.07, 6.45) is 0. The lowest BCUT2D eigenvalue weighted by atomic mass is 10.1. The van der Waals surface area contributed by atoms with Crippen LogP contribution < -0.4 is 10.5 Å². The second-order valence-corrected chi connectivity index (χ2v) is 6.90. The Labute approximate surface area is 126 Å². The summed E-state index contributed by atoms with van der Waals surface area (Å²) in [5.41, 5.74) is 10.0. The van der Waals surface area contributed by atoms with Gasteiger partial charge in [0.1, 0.15) is 0 Å². The Morgan fingerprint density at radius 1 is 0.952 bits per heavy atom. The highest BCUT2D eigenvalue weighted by Crippen LogP contribution is 2.17. The fourth-order valence-electron chi connectivity index (χ4n) is 2.01. The van der Waals surface area contributed by atoms with Gasteiger partial charge in [0, 0.05) is 12.2 Å². The first-order valence-electron chi connectivity index (χ1n) is 6.75. The Kier molecular flexibility index (Phi) is 4.65. The molecule has 4 nitrogen and oxygen atoms in total. The third-order valence-corrected chi connectivity index (χ3v) is 4.66. The predicted molar refractivity (Wildman–Crippen MR) is 86.5 cm³/mol. The van der Waals surface area contributed by atoms with Crippen LogP contribution in [0.2, 0.25) is 0 Å². The van der Waals surface area contributed by atoms with E-state index < -0.39 is 10.0 Å². The van der Waals surface area contributed by atoms with E-state index in [4.69, 9.17) is 5.73 Å². The number of hydrogen-bond donors (Lipinski definition) is 2. The number of sulfonamides is 1. The number of nitrogens with two attached hydrogens (primary N) is 1. The van der Waals surface area contributed by atoms with Crippen LogP contribution in [0.25, 0.3) is 0 Å². The van der Waals surface area contributed by atoms with Crippen molar-refractivity contribution in [2.75, 3.05) is 4.72 Å². The topological polar surface area (TPSA) is 72.2 Å². The molecule has 0 saturated carbocycles. The summed E-state index contributed by atoms with van der Waals surface area (Å²) in [4.78, 5) is 0. The van der Waals surface area contributed by atoms with Gasteiger partial charge < -0.3 is 5.73 Å². The summed E-state index contributed by atoms with van der Waals surface area (Å²) in [6.45, 7) is 4.40. The third kappa shape index (κ3) is 4.31. The Morgan fingerprint density at radius 2 is 1.57 bits per heavy atom. The molecule has 5 heteroatoms. The van der Waals surface area contributed by atoms with Crippen molar-refractivity contribution < 1.29 is 8.42 Å². The molecule has 2 aromatic carbocycles. The van der Waals surface area contributed by atoms with Gasteiger partial charge in [0.2, 0.25) is 10.0 Å². The van der Waals surface area contributed by atoms with Gasteiger partial charge in [0.05, 0.1) is 5.75 Å². The highest BCUT2D eigenvalue weighted by Gasteiger charge is 2.12. The summed E-state index contributed by atoms with van der Waals surface area (Å²) in [6, 6.07) is 12.8. The van der Waals surface area contributed by atoms with Crippen LogP contribution in [0.5, 0.6) is 0 Å². The highest BCUT2D eigenvalue weighted by molar-refractivity contribution is 7.91. The number of benzene rings is 2. The second kappa shape index (κ2) is 6.28. The number of anilines is 1. The van der Waals surface area contributed by atoms with Gasteiger partial charge in [-0.25, -0.2) is 8.42 Å². The van der Waals surface area contributed by atoms with E-state index in [9.17, 15) is 8.42 Å². The SMILES string of the molecule is Cc1ccc(NS(=O)(=O)Cc2ccc(CN)cc2)cc1C. The van der Waals surface area contributed by atoms with E-state index in [1.54, 1.807) is 18.2 Å². The fourth-order valence-corrected chi connectivity index (χ4v) is 3.20. The van der Waals surface area contributed by atoms with Crippen LogP contribution in [-0.4, -0.2) is 8.42 Å². The van der Waals surface area contributed by atoms with Crippen LogP contribution in [0.3, 0.4) is 0 Å². The largest absolute Gasteiger partial charge is 0.326 e. The minimum atomic E-state index is -3.42. The molecule has 0 bridgehead atoms. The Hall–Kier alpha value is -1.85. The molecule has 112 valence electrons. The summed E-state index contributed by atoms with van der Waals surface area (Å²) in [5.74, 6) is -0.0508.